The number of morpholine rings is 1. The summed E-state index contributed by atoms with van der Waals surface area (Å²) in [6, 6.07) is 0. The van der Waals surface area contributed by atoms with E-state index in [1.807, 2.05) is 20.9 Å². The van der Waals surface area contributed by atoms with Gasteiger partial charge in [-0.1, -0.05) is 0 Å². The van der Waals surface area contributed by atoms with Gasteiger partial charge < -0.3 is 14.7 Å². The fraction of sp³-hybridized carbons (Fsp3) is 0.643. The summed E-state index contributed by atoms with van der Waals surface area (Å²) in [5.41, 5.74) is 2.79. The fourth-order valence-corrected chi connectivity index (χ4v) is 2.60. The van der Waals surface area contributed by atoms with Crippen LogP contribution in [0, 0.1) is 13.8 Å². The van der Waals surface area contributed by atoms with Crippen molar-refractivity contribution < 1.29 is 19.4 Å². The molecule has 116 valence electrons. The van der Waals surface area contributed by atoms with Gasteiger partial charge in [0.15, 0.2) is 0 Å². The molecule has 0 spiro atoms. The SMILES string of the molecule is Cc1nn(C)c(C)c1CC(=O)N1CCOC(CC(=O)O)C1. The van der Waals surface area contributed by atoms with Crippen molar-refractivity contribution in [3.63, 3.8) is 0 Å². The van der Waals surface area contributed by atoms with Crippen LogP contribution in [-0.4, -0.2) is 57.5 Å². The second-order valence-electron chi connectivity index (χ2n) is 5.38. The Morgan fingerprint density at radius 2 is 2.14 bits per heavy atom. The van der Waals surface area contributed by atoms with Crippen molar-refractivity contribution in [2.24, 2.45) is 7.05 Å². The van der Waals surface area contributed by atoms with Crippen molar-refractivity contribution in [1.82, 2.24) is 14.7 Å². The molecule has 0 aromatic carbocycles. The lowest BCUT2D eigenvalue weighted by molar-refractivity contribution is -0.147. The Hall–Kier alpha value is -1.89. The highest BCUT2D eigenvalue weighted by Crippen LogP contribution is 2.16. The molecule has 1 aliphatic rings. The van der Waals surface area contributed by atoms with Gasteiger partial charge in [-0.25, -0.2) is 0 Å². The number of aromatic nitrogens is 2. The maximum absolute atomic E-state index is 12.4. The number of rotatable bonds is 4. The monoisotopic (exact) mass is 295 g/mol. The van der Waals surface area contributed by atoms with Crippen molar-refractivity contribution >= 4 is 11.9 Å². The molecule has 1 atom stereocenters. The van der Waals surface area contributed by atoms with E-state index in [9.17, 15) is 9.59 Å². The molecule has 1 fully saturated rings. The first-order chi connectivity index (χ1) is 9.88. The predicted molar refractivity (Wildman–Crippen MR) is 75.0 cm³/mol. The summed E-state index contributed by atoms with van der Waals surface area (Å²) >= 11 is 0. The minimum absolute atomic E-state index is 0.00658. The Bertz CT molecular complexity index is 553. The summed E-state index contributed by atoms with van der Waals surface area (Å²) in [5.74, 6) is -0.916. The maximum atomic E-state index is 12.4. The molecule has 1 aromatic rings. The molecule has 1 unspecified atom stereocenters. The first kappa shape index (κ1) is 15.5. The molecule has 1 aromatic heterocycles. The van der Waals surface area contributed by atoms with E-state index >= 15 is 0 Å². The predicted octanol–water partition coefficient (Wildman–Crippen LogP) is 0.282. The van der Waals surface area contributed by atoms with Gasteiger partial charge in [-0.15, -0.1) is 0 Å². The first-order valence-electron chi connectivity index (χ1n) is 6.98. The average molecular weight is 295 g/mol. The third-order valence-electron chi connectivity index (χ3n) is 3.88. The van der Waals surface area contributed by atoms with Crippen LogP contribution in [0.2, 0.25) is 0 Å². The highest BCUT2D eigenvalue weighted by Gasteiger charge is 2.26. The number of aliphatic carboxylic acids is 1. The number of amides is 1. The van der Waals surface area contributed by atoms with Crippen LogP contribution < -0.4 is 0 Å². The zero-order valence-corrected chi connectivity index (χ0v) is 12.6. The summed E-state index contributed by atoms with van der Waals surface area (Å²) in [6.07, 6.45) is -0.198. The van der Waals surface area contributed by atoms with Crippen molar-refractivity contribution in [3.8, 4) is 0 Å². The summed E-state index contributed by atoms with van der Waals surface area (Å²) in [4.78, 5) is 24.8. The smallest absolute Gasteiger partial charge is 0.306 e. The summed E-state index contributed by atoms with van der Waals surface area (Å²) in [6.45, 7) is 5.06. The van der Waals surface area contributed by atoms with Gasteiger partial charge in [-0.3, -0.25) is 14.3 Å². The van der Waals surface area contributed by atoms with Gasteiger partial charge in [0.05, 0.1) is 31.2 Å². The minimum atomic E-state index is -0.909. The number of carbonyl (C=O) groups excluding carboxylic acids is 1. The number of carboxylic acids is 1. The lowest BCUT2D eigenvalue weighted by atomic mass is 10.1. The number of ether oxygens (including phenoxy) is 1. The van der Waals surface area contributed by atoms with Crippen LogP contribution in [0.4, 0.5) is 0 Å². The summed E-state index contributed by atoms with van der Waals surface area (Å²) < 4.78 is 7.15. The zero-order valence-electron chi connectivity index (χ0n) is 12.6. The second-order valence-corrected chi connectivity index (χ2v) is 5.38. The van der Waals surface area contributed by atoms with E-state index in [1.165, 1.54) is 0 Å². The lowest BCUT2D eigenvalue weighted by Gasteiger charge is -2.32. The van der Waals surface area contributed by atoms with Crippen molar-refractivity contribution in [2.75, 3.05) is 19.7 Å². The van der Waals surface area contributed by atoms with Crippen molar-refractivity contribution in [2.45, 2.75) is 32.8 Å². The average Bonchev–Trinajstić information content (AvgIpc) is 2.65. The Kier molecular flexibility index (Phi) is 4.62. The third-order valence-corrected chi connectivity index (χ3v) is 3.88. The molecule has 21 heavy (non-hydrogen) atoms. The molecule has 0 bridgehead atoms. The molecular weight excluding hydrogens is 274 g/mol. The standard InChI is InChI=1S/C14H21N3O4/c1-9-12(10(2)16(3)15-9)7-13(18)17-4-5-21-11(8-17)6-14(19)20/h11H,4-8H2,1-3H3,(H,19,20). The van der Waals surface area contributed by atoms with E-state index in [0.29, 0.717) is 26.1 Å². The van der Waals surface area contributed by atoms with E-state index in [2.05, 4.69) is 5.10 Å². The second kappa shape index (κ2) is 6.26. The van der Waals surface area contributed by atoms with Crippen molar-refractivity contribution in [1.29, 1.82) is 0 Å². The van der Waals surface area contributed by atoms with Gasteiger partial charge in [0, 0.05) is 31.4 Å². The minimum Gasteiger partial charge on any atom is -0.481 e. The normalized spacial score (nSPS) is 18.8. The van der Waals surface area contributed by atoms with E-state index < -0.39 is 12.1 Å². The molecule has 1 aliphatic heterocycles. The van der Waals surface area contributed by atoms with Gasteiger partial charge in [-0.05, 0) is 13.8 Å². The first-order valence-corrected chi connectivity index (χ1v) is 6.98. The molecule has 2 heterocycles. The number of hydrogen-bond acceptors (Lipinski definition) is 4. The highest BCUT2D eigenvalue weighted by atomic mass is 16.5. The lowest BCUT2D eigenvalue weighted by Crippen LogP contribution is -2.46. The molecule has 7 heteroatoms. The Balaban J connectivity index is 2.01. The summed E-state index contributed by atoms with van der Waals surface area (Å²) in [7, 11) is 1.86. The number of hydrogen-bond donors (Lipinski definition) is 1. The molecule has 1 N–H and O–H groups in total. The number of nitrogens with zero attached hydrogens (tertiary/aromatic N) is 3. The topological polar surface area (TPSA) is 84.7 Å². The van der Waals surface area contributed by atoms with Gasteiger partial charge in [-0.2, -0.15) is 5.10 Å². The highest BCUT2D eigenvalue weighted by molar-refractivity contribution is 5.79. The quantitative estimate of drug-likeness (QED) is 0.862. The van der Waals surface area contributed by atoms with Crippen LogP contribution in [-0.2, 0) is 27.8 Å². The van der Waals surface area contributed by atoms with Gasteiger partial charge in [0.1, 0.15) is 0 Å². The Morgan fingerprint density at radius 3 is 2.71 bits per heavy atom. The largest absolute Gasteiger partial charge is 0.481 e. The fourth-order valence-electron chi connectivity index (χ4n) is 2.60. The van der Waals surface area contributed by atoms with Gasteiger partial charge in [0.2, 0.25) is 5.91 Å². The molecule has 0 aliphatic carbocycles. The summed E-state index contributed by atoms with van der Waals surface area (Å²) in [5, 5.41) is 13.1. The van der Waals surface area contributed by atoms with Crippen LogP contribution in [0.15, 0.2) is 0 Å². The Labute approximate surface area is 123 Å². The van der Waals surface area contributed by atoms with E-state index in [1.54, 1.807) is 9.58 Å². The van der Waals surface area contributed by atoms with Crippen LogP contribution >= 0.6 is 0 Å². The van der Waals surface area contributed by atoms with Crippen LogP contribution in [0.5, 0.6) is 0 Å². The molecule has 7 nitrogen and oxygen atoms in total. The molecular formula is C14H21N3O4. The van der Waals surface area contributed by atoms with E-state index in [-0.39, 0.29) is 12.3 Å². The molecule has 2 rings (SSSR count). The van der Waals surface area contributed by atoms with Gasteiger partial charge >= 0.3 is 5.97 Å². The van der Waals surface area contributed by atoms with Crippen LogP contribution in [0.1, 0.15) is 23.4 Å². The molecule has 1 amide bonds. The van der Waals surface area contributed by atoms with Crippen LogP contribution in [0.3, 0.4) is 0 Å². The molecule has 0 saturated carbocycles. The maximum Gasteiger partial charge on any atom is 0.306 e. The van der Waals surface area contributed by atoms with Crippen molar-refractivity contribution in [3.05, 3.63) is 17.0 Å². The Morgan fingerprint density at radius 1 is 1.43 bits per heavy atom. The van der Waals surface area contributed by atoms with Gasteiger partial charge in [0.25, 0.3) is 0 Å². The molecule has 1 saturated heterocycles. The van der Waals surface area contributed by atoms with E-state index in [4.69, 9.17) is 9.84 Å². The number of aryl methyl sites for hydroxylation is 2. The number of carboxylic acid groups (broad SMARTS) is 1. The third kappa shape index (κ3) is 3.60. The molecule has 0 radical (unpaired) electrons. The van der Waals surface area contributed by atoms with E-state index in [0.717, 1.165) is 17.0 Å². The van der Waals surface area contributed by atoms with Crippen LogP contribution in [0.25, 0.3) is 0 Å². The zero-order chi connectivity index (χ0) is 15.6. The number of carbonyl (C=O) groups is 2.